The predicted octanol–water partition coefficient (Wildman–Crippen LogP) is 6.19. The maximum atomic E-state index is 12.5. The molecule has 0 aliphatic rings. The van der Waals surface area contributed by atoms with E-state index in [-0.39, 0.29) is 5.91 Å². The molecule has 1 amide bonds. The number of hydrogen-bond acceptors (Lipinski definition) is 2. The molecule has 1 atom stereocenters. The number of benzene rings is 3. The summed E-state index contributed by atoms with van der Waals surface area (Å²) < 4.78 is -1.72. The molecule has 0 aromatic heterocycles. The molecule has 0 unspecified atom stereocenters. The second-order valence-electron chi connectivity index (χ2n) is 6.51. The van der Waals surface area contributed by atoms with Crippen molar-refractivity contribution < 1.29 is 4.79 Å². The summed E-state index contributed by atoms with van der Waals surface area (Å²) in [5, 5.41) is 5.02. The highest BCUT2D eigenvalue weighted by Gasteiger charge is 2.38. The Labute approximate surface area is 185 Å². The van der Waals surface area contributed by atoms with Gasteiger partial charge in [0, 0.05) is 18.3 Å². The molecule has 150 valence electrons. The molecule has 3 aromatic carbocycles. The summed E-state index contributed by atoms with van der Waals surface area (Å²) in [6.07, 6.45) is 2.32. The third-order valence-electron chi connectivity index (χ3n) is 4.53. The molecule has 0 saturated carbocycles. The Morgan fingerprint density at radius 1 is 1.00 bits per heavy atom. The van der Waals surface area contributed by atoms with Crippen LogP contribution >= 0.6 is 34.8 Å². The zero-order valence-corrected chi connectivity index (χ0v) is 18.1. The van der Waals surface area contributed by atoms with E-state index >= 15 is 0 Å². The molecule has 6 heteroatoms. The van der Waals surface area contributed by atoms with E-state index in [0.717, 1.165) is 22.0 Å². The van der Waals surface area contributed by atoms with Crippen molar-refractivity contribution in [2.45, 2.75) is 16.9 Å². The highest BCUT2D eigenvalue weighted by atomic mass is 35.6. The van der Waals surface area contributed by atoms with E-state index in [1.54, 1.807) is 6.08 Å². The van der Waals surface area contributed by atoms with Crippen LogP contribution in [-0.2, 0) is 4.79 Å². The molecule has 0 radical (unpaired) electrons. The highest BCUT2D eigenvalue weighted by molar-refractivity contribution is 6.68. The van der Waals surface area contributed by atoms with Crippen LogP contribution in [0, 0.1) is 0 Å². The Balaban J connectivity index is 1.85. The van der Waals surface area contributed by atoms with Crippen LogP contribution in [0.5, 0.6) is 0 Å². The number of nitrogens with zero attached hydrogens (tertiary/aromatic N) is 1. The highest BCUT2D eigenvalue weighted by Crippen LogP contribution is 2.35. The molecule has 3 nitrogen and oxygen atoms in total. The van der Waals surface area contributed by atoms with E-state index in [9.17, 15) is 4.79 Å². The van der Waals surface area contributed by atoms with Crippen molar-refractivity contribution in [3.05, 3.63) is 84.4 Å². The molecule has 0 aliphatic carbocycles. The van der Waals surface area contributed by atoms with Crippen LogP contribution in [0.15, 0.2) is 78.9 Å². The van der Waals surface area contributed by atoms with Gasteiger partial charge in [0.2, 0.25) is 9.70 Å². The molecule has 0 fully saturated rings. The molecule has 1 N–H and O–H groups in total. The van der Waals surface area contributed by atoms with Crippen LogP contribution in [0.3, 0.4) is 0 Å². The number of anilines is 1. The second-order valence-corrected chi connectivity index (χ2v) is 8.88. The van der Waals surface area contributed by atoms with Gasteiger partial charge in [-0.05, 0) is 41.5 Å². The van der Waals surface area contributed by atoms with Crippen molar-refractivity contribution in [1.29, 1.82) is 0 Å². The van der Waals surface area contributed by atoms with Crippen molar-refractivity contribution in [3.8, 4) is 0 Å². The number of rotatable bonds is 6. The minimum Gasteiger partial charge on any atom is -0.348 e. The number of amides is 1. The van der Waals surface area contributed by atoms with Gasteiger partial charge in [-0.2, -0.15) is 0 Å². The lowest BCUT2D eigenvalue weighted by molar-refractivity contribution is -0.117. The second kappa shape index (κ2) is 9.53. The van der Waals surface area contributed by atoms with Crippen molar-refractivity contribution in [1.82, 2.24) is 5.32 Å². The maximum Gasteiger partial charge on any atom is 0.245 e. The summed E-state index contributed by atoms with van der Waals surface area (Å²) in [6.45, 7) is 2.49. The lowest BCUT2D eigenvalue weighted by Crippen LogP contribution is -2.55. The van der Waals surface area contributed by atoms with Crippen LogP contribution in [-0.4, -0.2) is 22.4 Å². The van der Waals surface area contributed by atoms with E-state index in [2.05, 4.69) is 5.32 Å². The Kier molecular flexibility index (Phi) is 7.07. The first-order chi connectivity index (χ1) is 13.9. The van der Waals surface area contributed by atoms with Crippen LogP contribution in [0.1, 0.15) is 12.5 Å². The Morgan fingerprint density at radius 2 is 1.66 bits per heavy atom. The van der Waals surface area contributed by atoms with Gasteiger partial charge < -0.3 is 10.2 Å². The molecule has 0 bridgehead atoms. The standard InChI is InChI=1S/C23H21Cl3N2O/c1-2-28(20-14-13-18-10-6-7-11-19(18)16-20)22(23(24,25)26)27-21(29)15-12-17-8-4-3-5-9-17/h3-16,22H,2H2,1H3,(H,27,29)/b15-12+/t22-/m0/s1. The fourth-order valence-corrected chi connectivity index (χ4v) is 3.64. The van der Waals surface area contributed by atoms with Gasteiger partial charge in [0.15, 0.2) is 0 Å². The minimum atomic E-state index is -1.72. The van der Waals surface area contributed by atoms with Gasteiger partial charge in [-0.1, -0.05) is 95.5 Å². The molecule has 0 saturated heterocycles. The first kappa shape index (κ1) is 21.5. The van der Waals surface area contributed by atoms with Gasteiger partial charge in [0.25, 0.3) is 0 Å². The number of carbonyl (C=O) groups excluding carboxylic acids is 1. The van der Waals surface area contributed by atoms with Gasteiger partial charge in [-0.25, -0.2) is 0 Å². The molecule has 0 spiro atoms. The first-order valence-corrected chi connectivity index (χ1v) is 10.4. The van der Waals surface area contributed by atoms with Crippen LogP contribution < -0.4 is 10.2 Å². The van der Waals surface area contributed by atoms with Crippen molar-refractivity contribution in [3.63, 3.8) is 0 Å². The molecule has 29 heavy (non-hydrogen) atoms. The third-order valence-corrected chi connectivity index (χ3v) is 5.15. The summed E-state index contributed by atoms with van der Waals surface area (Å²) >= 11 is 18.8. The lowest BCUT2D eigenvalue weighted by atomic mass is 10.1. The van der Waals surface area contributed by atoms with E-state index in [4.69, 9.17) is 34.8 Å². The number of hydrogen-bond donors (Lipinski definition) is 1. The van der Waals surface area contributed by atoms with Crippen molar-refractivity contribution in [2.24, 2.45) is 0 Å². The van der Waals surface area contributed by atoms with Gasteiger partial charge in [0.05, 0.1) is 0 Å². The Hall–Kier alpha value is -2.20. The maximum absolute atomic E-state index is 12.5. The first-order valence-electron chi connectivity index (χ1n) is 9.24. The summed E-state index contributed by atoms with van der Waals surface area (Å²) in [5.74, 6) is -0.343. The van der Waals surface area contributed by atoms with E-state index < -0.39 is 9.96 Å². The van der Waals surface area contributed by atoms with Gasteiger partial charge in [-0.15, -0.1) is 0 Å². The molecular weight excluding hydrogens is 427 g/mol. The number of alkyl halides is 3. The fourth-order valence-electron chi connectivity index (χ4n) is 3.12. The Bertz CT molecular complexity index is 1000. The number of halogens is 3. The molecule has 0 heterocycles. The summed E-state index contributed by atoms with van der Waals surface area (Å²) in [6, 6.07) is 23.6. The SMILES string of the molecule is CCN(c1ccc2ccccc2c1)[C@H](NC(=O)/C=C/c1ccccc1)C(Cl)(Cl)Cl. The Morgan fingerprint density at radius 3 is 2.31 bits per heavy atom. The predicted molar refractivity (Wildman–Crippen MR) is 125 cm³/mol. The molecule has 3 aromatic rings. The summed E-state index contributed by atoms with van der Waals surface area (Å²) in [4.78, 5) is 14.4. The van der Waals surface area contributed by atoms with Crippen LogP contribution in [0.4, 0.5) is 5.69 Å². The fraction of sp³-hybridized carbons (Fsp3) is 0.174. The zero-order valence-electron chi connectivity index (χ0n) is 15.9. The smallest absolute Gasteiger partial charge is 0.245 e. The third kappa shape index (κ3) is 5.66. The van der Waals surface area contributed by atoms with Crippen molar-refractivity contribution >= 4 is 63.2 Å². The topological polar surface area (TPSA) is 32.3 Å². The summed E-state index contributed by atoms with van der Waals surface area (Å²) in [5.41, 5.74) is 1.77. The zero-order chi connectivity index (χ0) is 20.9. The lowest BCUT2D eigenvalue weighted by Gasteiger charge is -2.37. The monoisotopic (exact) mass is 446 g/mol. The quantitative estimate of drug-likeness (QED) is 0.277. The van der Waals surface area contributed by atoms with E-state index in [1.165, 1.54) is 6.08 Å². The van der Waals surface area contributed by atoms with E-state index in [0.29, 0.717) is 6.54 Å². The van der Waals surface area contributed by atoms with Crippen molar-refractivity contribution in [2.75, 3.05) is 11.4 Å². The minimum absolute atomic E-state index is 0.343. The van der Waals surface area contributed by atoms with Gasteiger partial charge >= 0.3 is 0 Å². The number of carbonyl (C=O) groups is 1. The average molecular weight is 448 g/mol. The van der Waals surface area contributed by atoms with Crippen LogP contribution in [0.25, 0.3) is 16.8 Å². The van der Waals surface area contributed by atoms with E-state index in [1.807, 2.05) is 84.6 Å². The normalized spacial score (nSPS) is 12.8. The largest absolute Gasteiger partial charge is 0.348 e. The molecule has 0 aliphatic heterocycles. The number of nitrogens with one attached hydrogen (secondary N) is 1. The van der Waals surface area contributed by atoms with Crippen LogP contribution in [0.2, 0.25) is 0 Å². The molecule has 3 rings (SSSR count). The average Bonchev–Trinajstić information content (AvgIpc) is 2.72. The van der Waals surface area contributed by atoms with Gasteiger partial charge in [-0.3, -0.25) is 4.79 Å². The molecular formula is C23H21Cl3N2O. The van der Waals surface area contributed by atoms with Gasteiger partial charge in [0.1, 0.15) is 6.17 Å². The summed E-state index contributed by atoms with van der Waals surface area (Å²) in [7, 11) is 0. The number of fused-ring (bicyclic) bond motifs is 1.